The summed E-state index contributed by atoms with van der Waals surface area (Å²) >= 11 is 0. The van der Waals surface area contributed by atoms with Crippen LogP contribution in [0.3, 0.4) is 0 Å². The monoisotopic (exact) mass is 183 g/mol. The number of halogens is 1. The number of likely N-dealkylation sites (N-methyl/N-ethyl adjacent to an activating group) is 1. The number of aryl methyl sites for hydroxylation is 1. The van der Waals surface area contributed by atoms with Gasteiger partial charge in [0.2, 0.25) is 0 Å². The van der Waals surface area contributed by atoms with Gasteiger partial charge in [0.05, 0.1) is 6.10 Å². The highest BCUT2D eigenvalue weighted by Crippen LogP contribution is 2.15. The highest BCUT2D eigenvalue weighted by Gasteiger charge is 2.07. The fourth-order valence-corrected chi connectivity index (χ4v) is 1.19. The lowest BCUT2D eigenvalue weighted by molar-refractivity contribution is 0.177. The number of benzene rings is 1. The van der Waals surface area contributed by atoms with E-state index in [1.165, 1.54) is 6.07 Å². The Bertz CT molecular complexity index is 288. The van der Waals surface area contributed by atoms with Crippen LogP contribution < -0.4 is 5.32 Å². The molecular weight excluding hydrogens is 169 g/mol. The van der Waals surface area contributed by atoms with Crippen molar-refractivity contribution in [3.63, 3.8) is 0 Å². The van der Waals surface area contributed by atoms with Gasteiger partial charge in [-0.2, -0.15) is 0 Å². The van der Waals surface area contributed by atoms with Crippen LogP contribution >= 0.6 is 0 Å². The number of nitrogens with one attached hydrogen (secondary N) is 1. The maximum absolute atomic E-state index is 12.9. The van der Waals surface area contributed by atoms with Crippen LogP contribution in [-0.2, 0) is 0 Å². The minimum Gasteiger partial charge on any atom is -0.387 e. The first kappa shape index (κ1) is 10.2. The molecule has 0 fully saturated rings. The van der Waals surface area contributed by atoms with Crippen LogP contribution in [0.25, 0.3) is 0 Å². The number of rotatable bonds is 3. The summed E-state index contributed by atoms with van der Waals surface area (Å²) in [5.41, 5.74) is 1.31. The molecule has 1 rings (SSSR count). The highest BCUT2D eigenvalue weighted by molar-refractivity contribution is 5.25. The van der Waals surface area contributed by atoms with Gasteiger partial charge in [-0.1, -0.05) is 12.1 Å². The van der Waals surface area contributed by atoms with Crippen molar-refractivity contribution in [3.05, 3.63) is 35.1 Å². The molecule has 13 heavy (non-hydrogen) atoms. The molecule has 0 aliphatic heterocycles. The second-order valence-electron chi connectivity index (χ2n) is 3.08. The molecule has 2 N–H and O–H groups in total. The molecule has 0 spiro atoms. The molecule has 0 saturated carbocycles. The molecule has 0 aliphatic carbocycles. The molecule has 3 heteroatoms. The molecule has 0 saturated heterocycles. The van der Waals surface area contributed by atoms with Crippen molar-refractivity contribution in [3.8, 4) is 0 Å². The molecule has 1 aromatic carbocycles. The first-order valence-corrected chi connectivity index (χ1v) is 4.24. The third-order valence-corrected chi connectivity index (χ3v) is 1.96. The van der Waals surface area contributed by atoms with Gasteiger partial charge >= 0.3 is 0 Å². The van der Waals surface area contributed by atoms with E-state index in [4.69, 9.17) is 0 Å². The van der Waals surface area contributed by atoms with E-state index in [-0.39, 0.29) is 5.82 Å². The second kappa shape index (κ2) is 4.35. The maximum Gasteiger partial charge on any atom is 0.126 e. The van der Waals surface area contributed by atoms with Gasteiger partial charge in [-0.05, 0) is 31.2 Å². The van der Waals surface area contributed by atoms with E-state index in [2.05, 4.69) is 5.32 Å². The summed E-state index contributed by atoms with van der Waals surface area (Å²) in [6.45, 7) is 2.16. The Kier molecular flexibility index (Phi) is 3.39. The first-order valence-electron chi connectivity index (χ1n) is 4.24. The smallest absolute Gasteiger partial charge is 0.126 e. The van der Waals surface area contributed by atoms with E-state index < -0.39 is 6.10 Å². The van der Waals surface area contributed by atoms with Crippen molar-refractivity contribution in [1.82, 2.24) is 5.32 Å². The topological polar surface area (TPSA) is 32.3 Å². The van der Waals surface area contributed by atoms with Crippen molar-refractivity contribution in [2.45, 2.75) is 13.0 Å². The van der Waals surface area contributed by atoms with Gasteiger partial charge in [0.15, 0.2) is 0 Å². The summed E-state index contributed by atoms with van der Waals surface area (Å²) in [7, 11) is 1.76. The number of aliphatic hydroxyl groups is 1. The average molecular weight is 183 g/mol. The van der Waals surface area contributed by atoms with E-state index in [1.54, 1.807) is 26.1 Å². The SMILES string of the molecule is CNCC(O)c1ccc(F)c(C)c1. The summed E-state index contributed by atoms with van der Waals surface area (Å²) < 4.78 is 12.9. The highest BCUT2D eigenvalue weighted by atomic mass is 19.1. The Labute approximate surface area is 77.4 Å². The predicted octanol–water partition coefficient (Wildman–Crippen LogP) is 1.39. The van der Waals surface area contributed by atoms with Gasteiger partial charge in [0, 0.05) is 6.54 Å². The lowest BCUT2D eigenvalue weighted by Gasteiger charge is -2.10. The van der Waals surface area contributed by atoms with Crippen LogP contribution in [0.15, 0.2) is 18.2 Å². The van der Waals surface area contributed by atoms with Crippen molar-refractivity contribution in [2.24, 2.45) is 0 Å². The predicted molar refractivity (Wildman–Crippen MR) is 50.0 cm³/mol. The zero-order valence-corrected chi connectivity index (χ0v) is 7.84. The number of hydrogen-bond acceptors (Lipinski definition) is 2. The van der Waals surface area contributed by atoms with Crippen LogP contribution in [-0.4, -0.2) is 18.7 Å². The van der Waals surface area contributed by atoms with E-state index in [0.717, 1.165) is 5.56 Å². The fraction of sp³-hybridized carbons (Fsp3) is 0.400. The van der Waals surface area contributed by atoms with Crippen LogP contribution in [0.1, 0.15) is 17.2 Å². The number of aliphatic hydroxyl groups excluding tert-OH is 1. The van der Waals surface area contributed by atoms with Gasteiger partial charge in [0.1, 0.15) is 5.82 Å². The molecule has 1 atom stereocenters. The minimum absolute atomic E-state index is 0.236. The number of hydrogen-bond donors (Lipinski definition) is 2. The van der Waals surface area contributed by atoms with Gasteiger partial charge in [-0.15, -0.1) is 0 Å². The summed E-state index contributed by atoms with van der Waals surface area (Å²) in [5.74, 6) is -0.236. The zero-order chi connectivity index (χ0) is 9.84. The summed E-state index contributed by atoms with van der Waals surface area (Å²) in [5, 5.41) is 12.4. The zero-order valence-electron chi connectivity index (χ0n) is 7.84. The molecule has 2 nitrogen and oxygen atoms in total. The summed E-state index contributed by atoms with van der Waals surface area (Å²) in [6.07, 6.45) is -0.565. The van der Waals surface area contributed by atoms with Crippen molar-refractivity contribution in [1.29, 1.82) is 0 Å². The Morgan fingerprint density at radius 2 is 2.23 bits per heavy atom. The molecule has 1 unspecified atom stereocenters. The molecule has 0 bridgehead atoms. The molecular formula is C10H14FNO. The largest absolute Gasteiger partial charge is 0.387 e. The van der Waals surface area contributed by atoms with Crippen LogP contribution in [0.5, 0.6) is 0 Å². The fourth-order valence-electron chi connectivity index (χ4n) is 1.19. The summed E-state index contributed by atoms with van der Waals surface area (Å²) in [4.78, 5) is 0. The Morgan fingerprint density at radius 1 is 1.54 bits per heavy atom. The molecule has 0 heterocycles. The first-order chi connectivity index (χ1) is 6.15. The van der Waals surface area contributed by atoms with Crippen molar-refractivity contribution in [2.75, 3.05) is 13.6 Å². The third kappa shape index (κ3) is 2.50. The van der Waals surface area contributed by atoms with E-state index >= 15 is 0 Å². The Balaban J connectivity index is 2.84. The van der Waals surface area contributed by atoms with Crippen LogP contribution in [0.2, 0.25) is 0 Å². The van der Waals surface area contributed by atoms with Crippen LogP contribution in [0.4, 0.5) is 4.39 Å². The van der Waals surface area contributed by atoms with Gasteiger partial charge in [0.25, 0.3) is 0 Å². The Morgan fingerprint density at radius 3 is 2.77 bits per heavy atom. The molecule has 72 valence electrons. The van der Waals surface area contributed by atoms with E-state index in [0.29, 0.717) is 12.1 Å². The molecule has 0 aliphatic rings. The van der Waals surface area contributed by atoms with Gasteiger partial charge < -0.3 is 10.4 Å². The normalized spacial score (nSPS) is 12.9. The van der Waals surface area contributed by atoms with Crippen molar-refractivity contribution < 1.29 is 9.50 Å². The van der Waals surface area contributed by atoms with Gasteiger partial charge in [-0.3, -0.25) is 0 Å². The Hall–Kier alpha value is -0.930. The molecule has 0 radical (unpaired) electrons. The molecule has 0 aromatic heterocycles. The lowest BCUT2D eigenvalue weighted by atomic mass is 10.1. The second-order valence-corrected chi connectivity index (χ2v) is 3.08. The van der Waals surface area contributed by atoms with Gasteiger partial charge in [-0.25, -0.2) is 4.39 Å². The summed E-state index contributed by atoms with van der Waals surface area (Å²) in [6, 6.07) is 4.64. The minimum atomic E-state index is -0.565. The average Bonchev–Trinajstić information content (AvgIpc) is 2.10. The molecule has 0 amide bonds. The molecule has 1 aromatic rings. The maximum atomic E-state index is 12.9. The lowest BCUT2D eigenvalue weighted by Crippen LogP contribution is -2.16. The standard InChI is InChI=1S/C10H14FNO/c1-7-5-8(3-4-9(7)11)10(13)6-12-2/h3-5,10,12-13H,6H2,1-2H3. The van der Waals surface area contributed by atoms with Crippen LogP contribution in [0, 0.1) is 12.7 Å². The third-order valence-electron chi connectivity index (χ3n) is 1.96. The van der Waals surface area contributed by atoms with Crippen molar-refractivity contribution >= 4 is 0 Å². The van der Waals surface area contributed by atoms with E-state index in [9.17, 15) is 9.50 Å². The quantitative estimate of drug-likeness (QED) is 0.742. The van der Waals surface area contributed by atoms with E-state index in [1.807, 2.05) is 0 Å².